The lowest BCUT2D eigenvalue weighted by molar-refractivity contribution is -0.135. The molecule has 1 atom stereocenters. The summed E-state index contributed by atoms with van der Waals surface area (Å²) < 4.78 is 0. The molecule has 1 aliphatic carbocycles. The maximum atomic E-state index is 13.0. The summed E-state index contributed by atoms with van der Waals surface area (Å²) >= 11 is 0. The van der Waals surface area contributed by atoms with Crippen molar-refractivity contribution in [3.63, 3.8) is 0 Å². The van der Waals surface area contributed by atoms with Crippen LogP contribution in [0.4, 0.5) is 4.79 Å². The summed E-state index contributed by atoms with van der Waals surface area (Å²) in [7, 11) is 0. The Morgan fingerprint density at radius 3 is 2.81 bits per heavy atom. The summed E-state index contributed by atoms with van der Waals surface area (Å²) in [6, 6.07) is 12.5. The van der Waals surface area contributed by atoms with Crippen LogP contribution in [0.2, 0.25) is 0 Å². The average Bonchev–Trinajstić information content (AvgIpc) is 3.15. The molecule has 0 bridgehead atoms. The first-order valence-corrected chi connectivity index (χ1v) is 8.49. The average molecular weight is 350 g/mol. The molecule has 1 saturated heterocycles. The Hall–Kier alpha value is -3.22. The van der Waals surface area contributed by atoms with Gasteiger partial charge in [0.1, 0.15) is 12.1 Å². The van der Waals surface area contributed by atoms with Crippen LogP contribution in [-0.2, 0) is 28.1 Å². The lowest BCUT2D eigenvalue weighted by Gasteiger charge is -2.22. The van der Waals surface area contributed by atoms with E-state index in [4.69, 9.17) is 0 Å². The van der Waals surface area contributed by atoms with Crippen molar-refractivity contribution in [3.05, 3.63) is 65.5 Å². The van der Waals surface area contributed by atoms with Crippen molar-refractivity contribution < 1.29 is 14.4 Å². The number of benzene rings is 1. The van der Waals surface area contributed by atoms with Crippen LogP contribution in [0, 0.1) is 0 Å². The predicted octanol–water partition coefficient (Wildman–Crippen LogP) is 1.09. The molecule has 0 unspecified atom stereocenters. The third kappa shape index (κ3) is 2.61. The number of aromatic nitrogens is 1. The number of rotatable bonds is 4. The molecule has 26 heavy (non-hydrogen) atoms. The van der Waals surface area contributed by atoms with E-state index in [-0.39, 0.29) is 19.0 Å². The van der Waals surface area contributed by atoms with E-state index in [0.29, 0.717) is 12.1 Å². The first-order chi connectivity index (χ1) is 12.6. The first kappa shape index (κ1) is 16.3. The number of urea groups is 1. The van der Waals surface area contributed by atoms with Crippen molar-refractivity contribution in [2.45, 2.75) is 24.9 Å². The van der Waals surface area contributed by atoms with Crippen LogP contribution in [0.3, 0.4) is 0 Å². The van der Waals surface area contributed by atoms with Crippen LogP contribution in [0.1, 0.15) is 23.2 Å². The fourth-order valence-corrected chi connectivity index (χ4v) is 3.62. The number of pyridine rings is 1. The van der Waals surface area contributed by atoms with Gasteiger partial charge in [-0.15, -0.1) is 0 Å². The van der Waals surface area contributed by atoms with E-state index in [9.17, 15) is 14.4 Å². The molecule has 132 valence electrons. The molecule has 7 nitrogen and oxygen atoms in total. The summed E-state index contributed by atoms with van der Waals surface area (Å²) in [5.74, 6) is -0.761. The van der Waals surface area contributed by atoms with Crippen molar-refractivity contribution in [1.29, 1.82) is 0 Å². The zero-order chi connectivity index (χ0) is 18.1. The number of carbonyl (C=O) groups is 3. The minimum Gasteiger partial charge on any atom is -0.349 e. The monoisotopic (exact) mass is 350 g/mol. The number of nitrogens with zero attached hydrogens (tertiary/aromatic N) is 2. The topological polar surface area (TPSA) is 91.4 Å². The second-order valence-electron chi connectivity index (χ2n) is 6.48. The second kappa shape index (κ2) is 6.25. The maximum absolute atomic E-state index is 13.0. The third-order valence-corrected chi connectivity index (χ3v) is 4.92. The van der Waals surface area contributed by atoms with Crippen LogP contribution >= 0.6 is 0 Å². The lowest BCUT2D eigenvalue weighted by Crippen LogP contribution is -2.43. The van der Waals surface area contributed by atoms with Gasteiger partial charge in [-0.25, -0.2) is 4.79 Å². The van der Waals surface area contributed by atoms with Gasteiger partial charge in [-0.1, -0.05) is 30.3 Å². The molecule has 1 aliphatic heterocycles. The maximum Gasteiger partial charge on any atom is 0.325 e. The molecule has 0 radical (unpaired) electrons. The summed E-state index contributed by atoms with van der Waals surface area (Å²) in [5, 5.41) is 5.50. The molecule has 7 heteroatoms. The van der Waals surface area contributed by atoms with E-state index in [1.807, 2.05) is 30.3 Å². The van der Waals surface area contributed by atoms with Crippen LogP contribution < -0.4 is 10.6 Å². The van der Waals surface area contributed by atoms with Crippen LogP contribution in [-0.4, -0.2) is 34.3 Å². The molecule has 2 heterocycles. The van der Waals surface area contributed by atoms with Crippen LogP contribution in [0.25, 0.3) is 0 Å². The highest BCUT2D eigenvalue weighted by Gasteiger charge is 2.55. The summed E-state index contributed by atoms with van der Waals surface area (Å²) in [4.78, 5) is 42.6. The van der Waals surface area contributed by atoms with Gasteiger partial charge < -0.3 is 10.6 Å². The Bertz CT molecular complexity index is 883. The van der Waals surface area contributed by atoms with E-state index in [2.05, 4.69) is 15.6 Å². The third-order valence-electron chi connectivity index (χ3n) is 4.92. The highest BCUT2D eigenvalue weighted by molar-refractivity contribution is 6.09. The van der Waals surface area contributed by atoms with E-state index >= 15 is 0 Å². The van der Waals surface area contributed by atoms with E-state index in [0.717, 1.165) is 22.4 Å². The Labute approximate surface area is 150 Å². The van der Waals surface area contributed by atoms with Crippen molar-refractivity contribution in [1.82, 2.24) is 20.5 Å². The fraction of sp³-hybridized carbons (Fsp3) is 0.263. The van der Waals surface area contributed by atoms with Crippen molar-refractivity contribution >= 4 is 17.8 Å². The Morgan fingerprint density at radius 1 is 1.19 bits per heavy atom. The molecule has 1 fully saturated rings. The van der Waals surface area contributed by atoms with Gasteiger partial charge in [0.25, 0.3) is 5.91 Å². The standard InChI is InChI=1S/C19H18N4O3/c24-16(21-11-14-6-3-4-10-20-14)12-23-17(25)19(22-18(23)26)9-8-13-5-1-2-7-15(13)19/h1-7,10H,8-9,11-12H2,(H,21,24)(H,22,26)/t19-/m1/s1. The largest absolute Gasteiger partial charge is 0.349 e. The van der Waals surface area contributed by atoms with Gasteiger partial charge in [0, 0.05) is 6.20 Å². The number of imide groups is 1. The predicted molar refractivity (Wildman–Crippen MR) is 92.8 cm³/mol. The van der Waals surface area contributed by atoms with Crippen LogP contribution in [0.5, 0.6) is 0 Å². The Morgan fingerprint density at radius 2 is 2.00 bits per heavy atom. The second-order valence-corrected chi connectivity index (χ2v) is 6.48. The zero-order valence-electron chi connectivity index (χ0n) is 14.1. The number of carbonyl (C=O) groups excluding carboxylic acids is 3. The quantitative estimate of drug-likeness (QED) is 0.808. The van der Waals surface area contributed by atoms with Crippen molar-refractivity contribution in [2.75, 3.05) is 6.54 Å². The molecule has 1 aromatic carbocycles. The zero-order valence-corrected chi connectivity index (χ0v) is 14.1. The highest BCUT2D eigenvalue weighted by atomic mass is 16.2. The van der Waals surface area contributed by atoms with E-state index < -0.39 is 17.5 Å². The Kier molecular flexibility index (Phi) is 3.91. The molecule has 2 aromatic rings. The molecule has 2 aliphatic rings. The number of amides is 4. The molecule has 4 amide bonds. The summed E-state index contributed by atoms with van der Waals surface area (Å²) in [6.07, 6.45) is 2.88. The minimum absolute atomic E-state index is 0.247. The molecule has 1 aromatic heterocycles. The van der Waals surface area contributed by atoms with Gasteiger partial charge in [-0.3, -0.25) is 19.5 Å². The van der Waals surface area contributed by atoms with Gasteiger partial charge in [-0.2, -0.15) is 0 Å². The molecular formula is C19H18N4O3. The smallest absolute Gasteiger partial charge is 0.325 e. The number of hydrogen-bond donors (Lipinski definition) is 2. The lowest BCUT2D eigenvalue weighted by atomic mass is 9.92. The van der Waals surface area contributed by atoms with Crippen molar-refractivity contribution in [2.24, 2.45) is 0 Å². The SMILES string of the molecule is O=C(CN1C(=O)N[C@@]2(CCc3ccccc32)C1=O)NCc1ccccn1. The fourth-order valence-electron chi connectivity index (χ4n) is 3.62. The van der Waals surface area contributed by atoms with Crippen molar-refractivity contribution in [3.8, 4) is 0 Å². The molecule has 2 N–H and O–H groups in total. The number of fused-ring (bicyclic) bond motifs is 2. The van der Waals surface area contributed by atoms with Gasteiger partial charge in [0.2, 0.25) is 5.91 Å². The van der Waals surface area contributed by atoms with Gasteiger partial charge in [0.05, 0.1) is 12.2 Å². The number of nitrogens with one attached hydrogen (secondary N) is 2. The first-order valence-electron chi connectivity index (χ1n) is 8.49. The molecule has 0 saturated carbocycles. The molecule has 4 rings (SSSR count). The highest BCUT2D eigenvalue weighted by Crippen LogP contribution is 2.41. The van der Waals surface area contributed by atoms with Gasteiger partial charge >= 0.3 is 6.03 Å². The molecule has 1 spiro atoms. The van der Waals surface area contributed by atoms with Gasteiger partial charge in [-0.05, 0) is 36.1 Å². The minimum atomic E-state index is -1.03. The normalized spacial score (nSPS) is 21.0. The number of aryl methyl sites for hydroxylation is 1. The van der Waals surface area contributed by atoms with Gasteiger partial charge in [0.15, 0.2) is 0 Å². The van der Waals surface area contributed by atoms with Crippen LogP contribution in [0.15, 0.2) is 48.7 Å². The Balaban J connectivity index is 1.46. The summed E-state index contributed by atoms with van der Waals surface area (Å²) in [6.45, 7) is -0.0568. The number of hydrogen-bond acceptors (Lipinski definition) is 4. The van der Waals surface area contributed by atoms with E-state index in [1.54, 1.807) is 18.3 Å². The molecular weight excluding hydrogens is 332 g/mol. The van der Waals surface area contributed by atoms with E-state index in [1.165, 1.54) is 0 Å². The summed E-state index contributed by atoms with van der Waals surface area (Å²) in [5.41, 5.74) is 1.56.